The van der Waals surface area contributed by atoms with Crippen molar-refractivity contribution in [3.8, 4) is 28.7 Å². The topological polar surface area (TPSA) is 69.7 Å². The predicted molar refractivity (Wildman–Crippen MR) is 124 cm³/mol. The van der Waals surface area contributed by atoms with Crippen molar-refractivity contribution in [1.29, 1.82) is 0 Å². The molecular formula is C25H32N2O6. The van der Waals surface area contributed by atoms with Crippen LogP contribution in [0.3, 0.4) is 0 Å². The summed E-state index contributed by atoms with van der Waals surface area (Å²) >= 11 is 0. The minimum absolute atomic E-state index is 0.0964. The summed E-state index contributed by atoms with van der Waals surface area (Å²) in [5.41, 5.74) is 1.57. The Balaban J connectivity index is 1.32. The Morgan fingerprint density at radius 2 is 1.52 bits per heavy atom. The Labute approximate surface area is 194 Å². The summed E-state index contributed by atoms with van der Waals surface area (Å²) in [5.74, 6) is 3.27. The molecule has 1 aliphatic heterocycles. The lowest BCUT2D eigenvalue weighted by molar-refractivity contribution is 0.0665. The summed E-state index contributed by atoms with van der Waals surface area (Å²) in [6, 6.07) is 9.34. The van der Waals surface area contributed by atoms with E-state index in [1.54, 1.807) is 28.4 Å². The molecule has 0 N–H and O–H groups in total. The molecule has 0 spiro atoms. The van der Waals surface area contributed by atoms with Gasteiger partial charge in [-0.25, -0.2) is 0 Å². The summed E-state index contributed by atoms with van der Waals surface area (Å²) in [4.78, 5) is 18.0. The second kappa shape index (κ2) is 10.3. The number of Topliss-reactive ketones (excluding diaryl/α,β-unsaturated/α-hetero) is 1. The third-order valence-corrected chi connectivity index (χ3v) is 6.46. The summed E-state index contributed by atoms with van der Waals surface area (Å²) in [7, 11) is 6.36. The molecule has 1 saturated heterocycles. The minimum atomic E-state index is -0.177. The van der Waals surface area contributed by atoms with Crippen molar-refractivity contribution in [1.82, 2.24) is 9.80 Å². The van der Waals surface area contributed by atoms with Crippen molar-refractivity contribution in [2.24, 2.45) is 0 Å². The highest BCUT2D eigenvalue weighted by Gasteiger charge is 2.40. The van der Waals surface area contributed by atoms with Crippen LogP contribution in [-0.4, -0.2) is 89.4 Å². The van der Waals surface area contributed by atoms with Crippen LogP contribution in [0.15, 0.2) is 30.3 Å². The molecule has 33 heavy (non-hydrogen) atoms. The fourth-order valence-corrected chi connectivity index (χ4v) is 4.66. The van der Waals surface area contributed by atoms with E-state index in [4.69, 9.17) is 23.7 Å². The third kappa shape index (κ3) is 4.72. The molecule has 1 fully saturated rings. The van der Waals surface area contributed by atoms with Gasteiger partial charge in [0.25, 0.3) is 0 Å². The van der Waals surface area contributed by atoms with Crippen molar-refractivity contribution >= 4 is 5.78 Å². The first-order valence-corrected chi connectivity index (χ1v) is 11.2. The molecular weight excluding hydrogens is 424 g/mol. The predicted octanol–water partition coefficient (Wildman–Crippen LogP) is 2.53. The van der Waals surface area contributed by atoms with Crippen LogP contribution < -0.4 is 23.7 Å². The molecule has 2 aromatic carbocycles. The largest absolute Gasteiger partial charge is 0.497 e. The number of hydrogen-bond donors (Lipinski definition) is 0. The van der Waals surface area contributed by atoms with E-state index >= 15 is 0 Å². The van der Waals surface area contributed by atoms with Crippen LogP contribution in [0.1, 0.15) is 15.9 Å². The molecule has 4 rings (SSSR count). The quantitative estimate of drug-likeness (QED) is 0.570. The highest BCUT2D eigenvalue weighted by Crippen LogP contribution is 2.45. The lowest BCUT2D eigenvalue weighted by atomic mass is 10.1. The van der Waals surface area contributed by atoms with Gasteiger partial charge >= 0.3 is 0 Å². The average molecular weight is 457 g/mol. The van der Waals surface area contributed by atoms with E-state index in [-0.39, 0.29) is 11.8 Å². The molecule has 0 bridgehead atoms. The fourth-order valence-electron chi connectivity index (χ4n) is 4.66. The second-order valence-corrected chi connectivity index (χ2v) is 8.17. The zero-order valence-corrected chi connectivity index (χ0v) is 19.8. The molecule has 0 saturated carbocycles. The molecule has 0 radical (unpaired) electrons. The minimum Gasteiger partial charge on any atom is -0.497 e. The van der Waals surface area contributed by atoms with Crippen LogP contribution in [-0.2, 0) is 6.42 Å². The van der Waals surface area contributed by atoms with Crippen molar-refractivity contribution < 1.29 is 28.5 Å². The van der Waals surface area contributed by atoms with Crippen molar-refractivity contribution in [2.45, 2.75) is 12.5 Å². The van der Waals surface area contributed by atoms with Gasteiger partial charge in [0.05, 0.1) is 40.0 Å². The fraction of sp³-hybridized carbons (Fsp3) is 0.480. The van der Waals surface area contributed by atoms with Gasteiger partial charge in [-0.05, 0) is 42.3 Å². The molecule has 0 aromatic heterocycles. The highest BCUT2D eigenvalue weighted by molar-refractivity contribution is 6.07. The van der Waals surface area contributed by atoms with Crippen LogP contribution in [0.4, 0.5) is 0 Å². The third-order valence-electron chi connectivity index (χ3n) is 6.46. The number of rotatable bonds is 9. The number of piperazine rings is 1. The Bertz CT molecular complexity index is 970. The summed E-state index contributed by atoms with van der Waals surface area (Å²) < 4.78 is 27.5. The Morgan fingerprint density at radius 3 is 2.12 bits per heavy atom. The number of benzene rings is 2. The summed E-state index contributed by atoms with van der Waals surface area (Å²) in [6.45, 7) is 4.94. The molecule has 8 nitrogen and oxygen atoms in total. The van der Waals surface area contributed by atoms with Gasteiger partial charge in [0.2, 0.25) is 5.75 Å². The van der Waals surface area contributed by atoms with E-state index in [1.807, 2.05) is 30.3 Å². The number of methoxy groups -OCH3 is 4. The SMILES string of the molecule is COc1ccc(OCCN2CCN(C3Cc4cc(OC)c(OC)c(OC)c4C3=O)CC2)cc1. The lowest BCUT2D eigenvalue weighted by Gasteiger charge is -2.37. The lowest BCUT2D eigenvalue weighted by Crippen LogP contribution is -2.52. The molecule has 0 amide bonds. The molecule has 1 unspecified atom stereocenters. The van der Waals surface area contributed by atoms with Gasteiger partial charge in [0.15, 0.2) is 17.3 Å². The normalized spacial score (nSPS) is 18.7. The van der Waals surface area contributed by atoms with Gasteiger partial charge in [-0.1, -0.05) is 0 Å². The van der Waals surface area contributed by atoms with E-state index in [2.05, 4.69) is 9.80 Å². The molecule has 1 heterocycles. The van der Waals surface area contributed by atoms with Gasteiger partial charge in [0.1, 0.15) is 18.1 Å². The Morgan fingerprint density at radius 1 is 0.848 bits per heavy atom. The van der Waals surface area contributed by atoms with Crippen LogP contribution in [0.2, 0.25) is 0 Å². The second-order valence-electron chi connectivity index (χ2n) is 8.17. The first-order valence-electron chi connectivity index (χ1n) is 11.2. The van der Waals surface area contributed by atoms with Crippen LogP contribution >= 0.6 is 0 Å². The number of fused-ring (bicyclic) bond motifs is 1. The van der Waals surface area contributed by atoms with Crippen LogP contribution in [0.25, 0.3) is 0 Å². The summed E-state index contributed by atoms with van der Waals surface area (Å²) in [5, 5.41) is 0. The first-order chi connectivity index (χ1) is 16.1. The Hall–Kier alpha value is -2.97. The number of nitrogens with zero attached hydrogens (tertiary/aromatic N) is 2. The number of carbonyl (C=O) groups is 1. The van der Waals surface area contributed by atoms with Crippen LogP contribution in [0, 0.1) is 0 Å². The molecule has 2 aliphatic rings. The van der Waals surface area contributed by atoms with E-state index < -0.39 is 0 Å². The van der Waals surface area contributed by atoms with E-state index in [9.17, 15) is 4.79 Å². The van der Waals surface area contributed by atoms with E-state index in [0.29, 0.717) is 35.8 Å². The maximum absolute atomic E-state index is 13.3. The van der Waals surface area contributed by atoms with Crippen molar-refractivity contribution in [3.05, 3.63) is 41.5 Å². The average Bonchev–Trinajstić information content (AvgIpc) is 3.19. The van der Waals surface area contributed by atoms with E-state index in [0.717, 1.165) is 49.8 Å². The van der Waals surface area contributed by atoms with Gasteiger partial charge < -0.3 is 23.7 Å². The van der Waals surface area contributed by atoms with Crippen LogP contribution in [0.5, 0.6) is 28.7 Å². The van der Waals surface area contributed by atoms with Gasteiger partial charge in [-0.2, -0.15) is 0 Å². The maximum Gasteiger partial charge on any atom is 0.204 e. The monoisotopic (exact) mass is 456 g/mol. The zero-order valence-electron chi connectivity index (χ0n) is 19.8. The number of carbonyl (C=O) groups excluding carboxylic acids is 1. The highest BCUT2D eigenvalue weighted by atomic mass is 16.5. The standard InChI is InChI=1S/C25H32N2O6/c1-29-18-5-7-19(8-6-18)33-14-13-26-9-11-27(12-10-26)20-15-17-16-21(30-2)24(31-3)25(32-4)22(17)23(20)28/h5-8,16,20H,9-15H2,1-4H3. The zero-order chi connectivity index (χ0) is 23.4. The number of ether oxygens (including phenoxy) is 5. The maximum atomic E-state index is 13.3. The number of hydrogen-bond acceptors (Lipinski definition) is 8. The van der Waals surface area contributed by atoms with Crippen molar-refractivity contribution in [3.63, 3.8) is 0 Å². The van der Waals surface area contributed by atoms with E-state index in [1.165, 1.54) is 0 Å². The smallest absolute Gasteiger partial charge is 0.204 e. The molecule has 8 heteroatoms. The molecule has 2 aromatic rings. The Kier molecular flexibility index (Phi) is 7.25. The molecule has 1 atom stereocenters. The van der Waals surface area contributed by atoms with Gasteiger partial charge in [-0.3, -0.25) is 14.6 Å². The molecule has 1 aliphatic carbocycles. The van der Waals surface area contributed by atoms with Gasteiger partial charge in [-0.15, -0.1) is 0 Å². The summed E-state index contributed by atoms with van der Waals surface area (Å²) in [6.07, 6.45) is 0.658. The van der Waals surface area contributed by atoms with Crippen molar-refractivity contribution in [2.75, 3.05) is 67.8 Å². The van der Waals surface area contributed by atoms with Gasteiger partial charge in [0, 0.05) is 32.7 Å². The first kappa shape index (κ1) is 23.2. The molecule has 178 valence electrons. The number of ketones is 1.